The summed E-state index contributed by atoms with van der Waals surface area (Å²) in [6.07, 6.45) is 14.6. The Morgan fingerprint density at radius 2 is 1.29 bits per heavy atom. The molecule has 1 unspecified atom stereocenters. The lowest BCUT2D eigenvalue weighted by Crippen LogP contribution is -2.06. The minimum absolute atomic E-state index is 0.418. The van der Waals surface area contributed by atoms with E-state index in [2.05, 4.69) is 222 Å². The highest BCUT2D eigenvalue weighted by atomic mass is 32.1. The van der Waals surface area contributed by atoms with E-state index in [0.29, 0.717) is 11.9 Å². The molecule has 0 saturated heterocycles. The molecule has 14 rings (SSSR count). The highest BCUT2D eigenvalue weighted by molar-refractivity contribution is 7.21. The fraction of sp³-hybridized carbons (Fsp3) is 0.0333. The van der Waals surface area contributed by atoms with Gasteiger partial charge in [-0.1, -0.05) is 164 Å². The Morgan fingerprint density at radius 1 is 0.523 bits per heavy atom. The Morgan fingerprint density at radius 3 is 2.20 bits per heavy atom. The SMILES string of the molecule is C1=CC2=C(c3cc4ccc5nc(-n6c7ccc(-c8cccc9c%10ccccc%10n(-c%10ccccc%10)c89)cc7c7c8ccccc8ccc76)nc(-c6ccccc6)c5c4s3)C=CCC2C=C1. The van der Waals surface area contributed by atoms with Crippen molar-refractivity contribution in [2.75, 3.05) is 0 Å². The first-order chi connectivity index (χ1) is 32.2. The van der Waals surface area contributed by atoms with Crippen LogP contribution in [0.15, 0.2) is 218 Å². The molecule has 65 heavy (non-hydrogen) atoms. The first-order valence-corrected chi connectivity index (χ1v) is 23.2. The van der Waals surface area contributed by atoms with E-state index in [1.165, 1.54) is 69.6 Å². The summed E-state index contributed by atoms with van der Waals surface area (Å²) in [6.45, 7) is 0. The molecule has 5 heteroatoms. The molecule has 304 valence electrons. The molecule has 0 amide bonds. The van der Waals surface area contributed by atoms with Crippen LogP contribution in [0.5, 0.6) is 0 Å². The lowest BCUT2D eigenvalue weighted by Gasteiger charge is -2.22. The van der Waals surface area contributed by atoms with Gasteiger partial charge in [0.2, 0.25) is 5.95 Å². The van der Waals surface area contributed by atoms with Crippen LogP contribution in [-0.4, -0.2) is 19.1 Å². The van der Waals surface area contributed by atoms with Crippen LogP contribution in [0, 0.1) is 5.92 Å². The van der Waals surface area contributed by atoms with E-state index in [4.69, 9.17) is 9.97 Å². The van der Waals surface area contributed by atoms with E-state index in [-0.39, 0.29) is 0 Å². The van der Waals surface area contributed by atoms with Crippen molar-refractivity contribution in [2.45, 2.75) is 6.42 Å². The summed E-state index contributed by atoms with van der Waals surface area (Å²) in [4.78, 5) is 12.4. The monoisotopic (exact) mass is 846 g/mol. The van der Waals surface area contributed by atoms with Crippen molar-refractivity contribution < 1.29 is 0 Å². The van der Waals surface area contributed by atoms with Crippen molar-refractivity contribution in [1.82, 2.24) is 19.1 Å². The van der Waals surface area contributed by atoms with E-state index < -0.39 is 0 Å². The molecular formula is C60H38N4S. The molecule has 0 radical (unpaired) electrons. The van der Waals surface area contributed by atoms with Gasteiger partial charge in [0.05, 0.1) is 33.3 Å². The number of hydrogen-bond acceptors (Lipinski definition) is 3. The second-order valence-corrected chi connectivity index (χ2v) is 18.3. The van der Waals surface area contributed by atoms with Gasteiger partial charge in [-0.15, -0.1) is 11.3 Å². The van der Waals surface area contributed by atoms with Gasteiger partial charge in [0.25, 0.3) is 0 Å². The minimum atomic E-state index is 0.418. The third kappa shape index (κ3) is 5.49. The van der Waals surface area contributed by atoms with Crippen molar-refractivity contribution in [3.63, 3.8) is 0 Å². The highest BCUT2D eigenvalue weighted by Crippen LogP contribution is 2.45. The molecule has 4 heterocycles. The maximum atomic E-state index is 5.63. The molecule has 0 saturated carbocycles. The summed E-state index contributed by atoms with van der Waals surface area (Å²) >= 11 is 1.85. The maximum absolute atomic E-state index is 5.63. The molecule has 1 atom stereocenters. The summed E-state index contributed by atoms with van der Waals surface area (Å²) in [6, 6.07) is 63.9. The topological polar surface area (TPSA) is 35.6 Å². The van der Waals surface area contributed by atoms with Crippen LogP contribution < -0.4 is 0 Å². The maximum Gasteiger partial charge on any atom is 0.235 e. The zero-order valence-corrected chi connectivity index (χ0v) is 36.0. The van der Waals surface area contributed by atoms with Crippen molar-refractivity contribution in [3.8, 4) is 34.0 Å². The van der Waals surface area contributed by atoms with Gasteiger partial charge in [0.15, 0.2) is 0 Å². The average molecular weight is 847 g/mol. The first-order valence-electron chi connectivity index (χ1n) is 22.4. The van der Waals surface area contributed by atoms with Crippen LogP contribution in [0.25, 0.3) is 115 Å². The molecule has 0 spiro atoms. The second kappa shape index (κ2) is 14.2. The van der Waals surface area contributed by atoms with Gasteiger partial charge in [-0.25, -0.2) is 9.97 Å². The number of fused-ring (bicyclic) bond motifs is 12. The van der Waals surface area contributed by atoms with Crippen LogP contribution in [0.3, 0.4) is 0 Å². The first kappa shape index (κ1) is 36.4. The van der Waals surface area contributed by atoms with Crippen LogP contribution in [-0.2, 0) is 0 Å². The van der Waals surface area contributed by atoms with Crippen molar-refractivity contribution in [3.05, 3.63) is 223 Å². The molecule has 12 aromatic rings. The number of para-hydroxylation sites is 3. The van der Waals surface area contributed by atoms with E-state index in [1.807, 2.05) is 11.3 Å². The van der Waals surface area contributed by atoms with E-state index >= 15 is 0 Å². The fourth-order valence-electron chi connectivity index (χ4n) is 10.7. The summed E-state index contributed by atoms with van der Waals surface area (Å²) in [5, 5.41) is 9.54. The van der Waals surface area contributed by atoms with Gasteiger partial charge < -0.3 is 4.57 Å². The molecule has 0 bridgehead atoms. The number of benzene rings is 8. The number of nitrogens with zero attached hydrogens (tertiary/aromatic N) is 4. The number of rotatable bonds is 5. The molecule has 2 aliphatic rings. The Bertz CT molecular complexity index is 4080. The average Bonchev–Trinajstić information content (AvgIpc) is 4.07. The van der Waals surface area contributed by atoms with Crippen molar-refractivity contribution in [2.24, 2.45) is 5.92 Å². The molecule has 8 aromatic carbocycles. The van der Waals surface area contributed by atoms with Crippen LogP contribution >= 0.6 is 11.3 Å². The number of allylic oxidation sites excluding steroid dienone is 8. The van der Waals surface area contributed by atoms with Crippen LogP contribution in [0.2, 0.25) is 0 Å². The Balaban J connectivity index is 1.03. The quantitative estimate of drug-likeness (QED) is 0.173. The zero-order valence-electron chi connectivity index (χ0n) is 35.2. The van der Waals surface area contributed by atoms with Gasteiger partial charge in [-0.3, -0.25) is 4.57 Å². The molecule has 0 aliphatic heterocycles. The smallest absolute Gasteiger partial charge is 0.235 e. The molecule has 0 N–H and O–H groups in total. The number of aromatic nitrogens is 4. The normalized spacial score (nSPS) is 14.9. The second-order valence-electron chi connectivity index (χ2n) is 17.2. The lowest BCUT2D eigenvalue weighted by molar-refractivity contribution is 0.784. The van der Waals surface area contributed by atoms with Gasteiger partial charge in [-0.05, 0) is 87.8 Å². The number of hydrogen-bond donors (Lipinski definition) is 0. The number of thiophene rings is 1. The molecule has 0 fully saturated rings. The van der Waals surface area contributed by atoms with Crippen LogP contribution in [0.1, 0.15) is 11.3 Å². The van der Waals surface area contributed by atoms with E-state index in [1.54, 1.807) is 0 Å². The third-order valence-electron chi connectivity index (χ3n) is 13.6. The van der Waals surface area contributed by atoms with E-state index in [0.717, 1.165) is 56.3 Å². The summed E-state index contributed by atoms with van der Waals surface area (Å²) in [5.74, 6) is 1.07. The van der Waals surface area contributed by atoms with Crippen LogP contribution in [0.4, 0.5) is 0 Å². The van der Waals surface area contributed by atoms with Crippen molar-refractivity contribution in [1.29, 1.82) is 0 Å². The minimum Gasteiger partial charge on any atom is -0.309 e. The van der Waals surface area contributed by atoms with Gasteiger partial charge in [-0.2, -0.15) is 0 Å². The highest BCUT2D eigenvalue weighted by Gasteiger charge is 2.24. The van der Waals surface area contributed by atoms with Crippen molar-refractivity contribution >= 4 is 92.3 Å². The largest absolute Gasteiger partial charge is 0.309 e. The molecular weight excluding hydrogens is 809 g/mol. The molecule has 2 aliphatic carbocycles. The lowest BCUT2D eigenvalue weighted by atomic mass is 9.84. The summed E-state index contributed by atoms with van der Waals surface area (Å²) < 4.78 is 5.93. The Labute approximate surface area is 378 Å². The zero-order chi connectivity index (χ0) is 42.6. The van der Waals surface area contributed by atoms with Gasteiger partial charge in [0, 0.05) is 59.2 Å². The van der Waals surface area contributed by atoms with Gasteiger partial charge in [0.1, 0.15) is 0 Å². The predicted octanol–water partition coefficient (Wildman–Crippen LogP) is 16.0. The predicted molar refractivity (Wildman–Crippen MR) is 274 cm³/mol. The Hall–Kier alpha value is -8.12. The standard InChI is InChI=1S/C60H38N4S/c1-3-17-39(18-4-1)57-56-50(32-29-41-36-54(65-59(41)56)47-26-13-19-37-15-7-9-22-43(37)47)61-60(62-57)64-52-33-31-40(35-49(52)55-44-23-10-8-16-38(44)30-34-53(55)64)45-25-14-27-48-46-24-11-12-28-51(46)63(58(45)48)42-20-5-2-6-21-42/h1-18,20-37H,19H2. The fourth-order valence-corrected chi connectivity index (χ4v) is 12.0. The van der Waals surface area contributed by atoms with Gasteiger partial charge >= 0.3 is 0 Å². The Kier molecular flexibility index (Phi) is 7.94. The van der Waals surface area contributed by atoms with E-state index in [9.17, 15) is 0 Å². The summed E-state index contributed by atoms with van der Waals surface area (Å²) in [7, 11) is 0. The third-order valence-corrected chi connectivity index (χ3v) is 14.8. The summed E-state index contributed by atoms with van der Waals surface area (Å²) in [5.41, 5.74) is 13.7. The molecule has 4 aromatic heterocycles. The molecule has 4 nitrogen and oxygen atoms in total.